The number of thioether (sulfide) groups is 1. The van der Waals surface area contributed by atoms with Gasteiger partial charge in [0.1, 0.15) is 5.69 Å². The first-order chi connectivity index (χ1) is 9.81. The molecule has 0 aliphatic rings. The van der Waals surface area contributed by atoms with Crippen LogP contribution in [-0.2, 0) is 0 Å². The van der Waals surface area contributed by atoms with Gasteiger partial charge in [0, 0.05) is 16.7 Å². The van der Waals surface area contributed by atoms with E-state index in [1.165, 1.54) is 0 Å². The lowest BCUT2D eigenvalue weighted by molar-refractivity contribution is 0.439. The maximum Gasteiger partial charge on any atom is 0.232 e. The summed E-state index contributed by atoms with van der Waals surface area (Å²) < 4.78 is 5.18. The fourth-order valence-corrected chi connectivity index (χ4v) is 2.68. The molecule has 0 radical (unpaired) electrons. The number of pyridine rings is 1. The van der Waals surface area contributed by atoms with Crippen molar-refractivity contribution in [2.45, 2.75) is 4.90 Å². The van der Waals surface area contributed by atoms with Gasteiger partial charge >= 0.3 is 0 Å². The van der Waals surface area contributed by atoms with E-state index in [1.54, 1.807) is 18.0 Å². The number of nitrogens with zero attached hydrogens (tertiary/aromatic N) is 2. The predicted octanol–water partition coefficient (Wildman–Crippen LogP) is 3.71. The number of hydrogen-bond donors (Lipinski definition) is 1. The minimum absolute atomic E-state index is 0.287. The van der Waals surface area contributed by atoms with Crippen molar-refractivity contribution < 1.29 is 4.52 Å². The molecule has 0 saturated heterocycles. The molecule has 0 spiro atoms. The second kappa shape index (κ2) is 5.38. The van der Waals surface area contributed by atoms with Gasteiger partial charge in [-0.1, -0.05) is 29.4 Å². The minimum atomic E-state index is 0.287. The van der Waals surface area contributed by atoms with Crippen LogP contribution in [0.25, 0.3) is 22.5 Å². The molecule has 0 bridgehead atoms. The van der Waals surface area contributed by atoms with Crippen molar-refractivity contribution >= 4 is 17.6 Å². The second-order valence-electron chi connectivity index (χ2n) is 4.19. The molecule has 4 nitrogen and oxygen atoms in total. The zero-order chi connectivity index (χ0) is 13.9. The largest absolute Gasteiger partial charge is 0.367 e. The van der Waals surface area contributed by atoms with Crippen molar-refractivity contribution in [1.82, 2.24) is 10.1 Å². The summed E-state index contributed by atoms with van der Waals surface area (Å²) in [5.74, 6) is 0.287. The van der Waals surface area contributed by atoms with Gasteiger partial charge in [0.25, 0.3) is 0 Å². The van der Waals surface area contributed by atoms with E-state index in [4.69, 9.17) is 10.3 Å². The standard InChI is InChI=1S/C15H13N3OS/c1-20-12-8-3-2-6-10(12)14-13(15(16)19-18-14)11-7-4-5-9-17-11/h2-9H,16H2,1H3. The van der Waals surface area contributed by atoms with Crippen LogP contribution in [0.4, 0.5) is 5.88 Å². The second-order valence-corrected chi connectivity index (χ2v) is 5.03. The third-order valence-electron chi connectivity index (χ3n) is 3.00. The lowest BCUT2D eigenvalue weighted by atomic mass is 10.0. The summed E-state index contributed by atoms with van der Waals surface area (Å²) in [5.41, 5.74) is 9.16. The SMILES string of the molecule is CSc1ccccc1-c1noc(N)c1-c1ccccn1. The molecular formula is C15H13N3OS. The molecule has 0 fully saturated rings. The van der Waals surface area contributed by atoms with Crippen molar-refractivity contribution in [1.29, 1.82) is 0 Å². The Morgan fingerprint density at radius 1 is 1.10 bits per heavy atom. The van der Waals surface area contributed by atoms with Gasteiger partial charge in [-0.05, 0) is 24.5 Å². The fraction of sp³-hybridized carbons (Fsp3) is 0.0667. The number of benzene rings is 1. The van der Waals surface area contributed by atoms with Crippen LogP contribution < -0.4 is 5.73 Å². The van der Waals surface area contributed by atoms with Crippen molar-refractivity contribution in [3.63, 3.8) is 0 Å². The lowest BCUT2D eigenvalue weighted by Crippen LogP contribution is -1.90. The Balaban J connectivity index is 2.22. The normalized spacial score (nSPS) is 10.7. The number of anilines is 1. The minimum Gasteiger partial charge on any atom is -0.367 e. The lowest BCUT2D eigenvalue weighted by Gasteiger charge is -2.06. The smallest absolute Gasteiger partial charge is 0.232 e. The summed E-state index contributed by atoms with van der Waals surface area (Å²) in [6.45, 7) is 0. The van der Waals surface area contributed by atoms with Gasteiger partial charge in [-0.3, -0.25) is 4.98 Å². The molecule has 100 valence electrons. The monoisotopic (exact) mass is 283 g/mol. The first-order valence-corrected chi connectivity index (χ1v) is 7.33. The van der Waals surface area contributed by atoms with E-state index < -0.39 is 0 Å². The highest BCUT2D eigenvalue weighted by Crippen LogP contribution is 2.38. The van der Waals surface area contributed by atoms with Crippen LogP contribution in [0.5, 0.6) is 0 Å². The molecule has 0 unspecified atom stereocenters. The van der Waals surface area contributed by atoms with E-state index in [2.05, 4.69) is 10.1 Å². The van der Waals surface area contributed by atoms with Crippen molar-refractivity contribution in [2.75, 3.05) is 12.0 Å². The molecule has 0 aliphatic carbocycles. The molecule has 5 heteroatoms. The zero-order valence-electron chi connectivity index (χ0n) is 10.9. The molecule has 2 heterocycles. The summed E-state index contributed by atoms with van der Waals surface area (Å²) in [7, 11) is 0. The van der Waals surface area contributed by atoms with Gasteiger partial charge in [0.2, 0.25) is 5.88 Å². The first-order valence-electron chi connectivity index (χ1n) is 6.11. The van der Waals surface area contributed by atoms with Gasteiger partial charge < -0.3 is 10.3 Å². The average molecular weight is 283 g/mol. The van der Waals surface area contributed by atoms with E-state index in [9.17, 15) is 0 Å². The van der Waals surface area contributed by atoms with Gasteiger partial charge in [-0.15, -0.1) is 11.8 Å². The van der Waals surface area contributed by atoms with Gasteiger partial charge in [-0.2, -0.15) is 0 Å². The fourth-order valence-electron chi connectivity index (χ4n) is 2.09. The van der Waals surface area contributed by atoms with Gasteiger partial charge in [0.05, 0.1) is 11.3 Å². The van der Waals surface area contributed by atoms with Crippen molar-refractivity contribution in [2.24, 2.45) is 0 Å². The van der Waals surface area contributed by atoms with E-state index in [-0.39, 0.29) is 5.88 Å². The molecule has 3 aromatic rings. The maximum atomic E-state index is 5.93. The molecular weight excluding hydrogens is 270 g/mol. The van der Waals surface area contributed by atoms with Crippen LogP contribution in [-0.4, -0.2) is 16.4 Å². The van der Waals surface area contributed by atoms with E-state index in [0.717, 1.165) is 27.4 Å². The van der Waals surface area contributed by atoms with Crippen LogP contribution in [0.2, 0.25) is 0 Å². The Hall–Kier alpha value is -2.27. The van der Waals surface area contributed by atoms with E-state index >= 15 is 0 Å². The molecule has 0 aliphatic heterocycles. The highest BCUT2D eigenvalue weighted by atomic mass is 32.2. The van der Waals surface area contributed by atoms with Gasteiger partial charge in [-0.25, -0.2) is 0 Å². The van der Waals surface area contributed by atoms with Gasteiger partial charge in [0.15, 0.2) is 0 Å². The van der Waals surface area contributed by atoms with E-state index in [0.29, 0.717) is 0 Å². The number of hydrogen-bond acceptors (Lipinski definition) is 5. The molecule has 0 amide bonds. The summed E-state index contributed by atoms with van der Waals surface area (Å²) in [6, 6.07) is 13.7. The Bertz CT molecular complexity index is 725. The number of nitrogen functional groups attached to an aromatic ring is 1. The molecule has 1 aromatic carbocycles. The van der Waals surface area contributed by atoms with Crippen molar-refractivity contribution in [3.8, 4) is 22.5 Å². The number of rotatable bonds is 3. The summed E-state index contributed by atoms with van der Waals surface area (Å²) >= 11 is 1.66. The summed E-state index contributed by atoms with van der Waals surface area (Å²) in [5, 5.41) is 4.12. The van der Waals surface area contributed by atoms with E-state index in [1.807, 2.05) is 48.7 Å². The van der Waals surface area contributed by atoms with Crippen LogP contribution in [0, 0.1) is 0 Å². The summed E-state index contributed by atoms with van der Waals surface area (Å²) in [4.78, 5) is 5.46. The van der Waals surface area contributed by atoms with Crippen molar-refractivity contribution in [3.05, 3.63) is 48.7 Å². The molecule has 2 N–H and O–H groups in total. The Kier molecular flexibility index (Phi) is 3.43. The Morgan fingerprint density at radius 2 is 1.90 bits per heavy atom. The van der Waals surface area contributed by atoms with Crippen LogP contribution in [0.1, 0.15) is 0 Å². The zero-order valence-corrected chi connectivity index (χ0v) is 11.7. The third kappa shape index (κ3) is 2.16. The maximum absolute atomic E-state index is 5.93. The van der Waals surface area contributed by atoms with Crippen LogP contribution in [0.3, 0.4) is 0 Å². The molecule has 20 heavy (non-hydrogen) atoms. The molecule has 3 rings (SSSR count). The molecule has 0 atom stereocenters. The van der Waals surface area contributed by atoms with Crippen LogP contribution in [0.15, 0.2) is 58.1 Å². The highest BCUT2D eigenvalue weighted by molar-refractivity contribution is 7.98. The third-order valence-corrected chi connectivity index (χ3v) is 3.80. The quantitative estimate of drug-likeness (QED) is 0.742. The Labute approximate surface area is 121 Å². The number of nitrogens with two attached hydrogens (primary N) is 1. The molecule has 2 aromatic heterocycles. The first kappa shape index (κ1) is 12.7. The predicted molar refractivity (Wildman–Crippen MR) is 81.4 cm³/mol. The highest BCUT2D eigenvalue weighted by Gasteiger charge is 2.19. The number of aromatic nitrogens is 2. The summed E-state index contributed by atoms with van der Waals surface area (Å²) in [6.07, 6.45) is 3.76. The Morgan fingerprint density at radius 3 is 2.65 bits per heavy atom. The average Bonchev–Trinajstić information content (AvgIpc) is 2.89. The topological polar surface area (TPSA) is 64.9 Å². The molecule has 0 saturated carbocycles. The van der Waals surface area contributed by atoms with Crippen LogP contribution >= 0.6 is 11.8 Å².